The third-order valence-corrected chi connectivity index (χ3v) is 2.89. The van der Waals surface area contributed by atoms with Crippen molar-refractivity contribution in [1.29, 1.82) is 5.26 Å². The Labute approximate surface area is 120 Å². The molecule has 0 fully saturated rings. The summed E-state index contributed by atoms with van der Waals surface area (Å²) in [4.78, 5) is 25.1. The molecule has 0 bridgehead atoms. The number of aromatic nitrogens is 2. The second kappa shape index (κ2) is 5.14. The molecule has 0 aliphatic carbocycles. The first-order chi connectivity index (χ1) is 10.1. The third kappa shape index (κ3) is 2.63. The van der Waals surface area contributed by atoms with Crippen LogP contribution >= 0.6 is 0 Å². The van der Waals surface area contributed by atoms with Crippen LogP contribution in [0.3, 0.4) is 0 Å². The number of H-pyrrole nitrogens is 1. The lowest BCUT2D eigenvalue weighted by Crippen LogP contribution is -2.36. The highest BCUT2D eigenvalue weighted by Gasteiger charge is 2.33. The molecule has 0 unspecified atom stereocenters. The molecule has 2 rings (SSSR count). The average Bonchev–Trinajstić information content (AvgIpc) is 2.40. The summed E-state index contributed by atoms with van der Waals surface area (Å²) in [5.74, 6) is -0.991. The zero-order chi connectivity index (χ0) is 16.7. The lowest BCUT2D eigenvalue weighted by Gasteiger charge is -2.11. The third-order valence-electron chi connectivity index (χ3n) is 2.89. The molecule has 2 aromatic rings. The first-order valence-electron chi connectivity index (χ1n) is 5.79. The largest absolute Gasteiger partial charge is 0.431 e. The van der Waals surface area contributed by atoms with E-state index in [1.54, 1.807) is 6.07 Å². The van der Waals surface area contributed by atoms with Crippen LogP contribution in [0.25, 0.3) is 5.69 Å². The van der Waals surface area contributed by atoms with Gasteiger partial charge in [0.1, 0.15) is 17.6 Å². The maximum Gasteiger partial charge on any atom is 0.431 e. The van der Waals surface area contributed by atoms with Crippen LogP contribution in [-0.2, 0) is 6.18 Å². The van der Waals surface area contributed by atoms with Gasteiger partial charge in [-0.25, -0.2) is 13.8 Å². The molecular weight excluding hydrogens is 306 g/mol. The number of nitrogens with one attached hydrogen (secondary N) is 1. The van der Waals surface area contributed by atoms with Gasteiger partial charge in [0.2, 0.25) is 0 Å². The molecule has 1 N–H and O–H groups in total. The number of halogens is 4. The summed E-state index contributed by atoms with van der Waals surface area (Å²) >= 11 is 0. The lowest BCUT2D eigenvalue weighted by atomic mass is 10.1. The average molecular weight is 313 g/mol. The quantitative estimate of drug-likeness (QED) is 0.816. The molecular formula is C13H7F4N3O2. The van der Waals surface area contributed by atoms with Gasteiger partial charge in [0.25, 0.3) is 5.56 Å². The van der Waals surface area contributed by atoms with E-state index in [9.17, 15) is 27.2 Å². The van der Waals surface area contributed by atoms with Crippen LogP contribution in [0, 0.1) is 24.1 Å². The summed E-state index contributed by atoms with van der Waals surface area (Å²) in [6.07, 6.45) is -4.89. The number of alkyl halides is 3. The summed E-state index contributed by atoms with van der Waals surface area (Å²) in [6, 6.07) is 3.62. The van der Waals surface area contributed by atoms with Crippen LogP contribution in [0.5, 0.6) is 0 Å². The van der Waals surface area contributed by atoms with Crippen LogP contribution < -0.4 is 11.2 Å². The number of benzene rings is 1. The minimum Gasteiger partial charge on any atom is -0.303 e. The van der Waals surface area contributed by atoms with Gasteiger partial charge in [0.15, 0.2) is 0 Å². The maximum atomic E-state index is 13.6. The summed E-state index contributed by atoms with van der Waals surface area (Å²) in [5, 5.41) is 8.69. The summed E-state index contributed by atoms with van der Waals surface area (Å²) < 4.78 is 51.5. The van der Waals surface area contributed by atoms with Crippen molar-refractivity contribution in [2.45, 2.75) is 13.1 Å². The molecule has 5 nitrogen and oxygen atoms in total. The van der Waals surface area contributed by atoms with Gasteiger partial charge in [-0.3, -0.25) is 4.79 Å². The van der Waals surface area contributed by atoms with E-state index in [1.165, 1.54) is 11.9 Å². The van der Waals surface area contributed by atoms with Gasteiger partial charge in [-0.15, -0.1) is 0 Å². The standard InChI is InChI=1S/C13H7F4N3O2/c1-6-2-7(5-18)8(14)3-9(6)20-11(21)4-10(13(15,16)17)19-12(20)22/h2-4H,1H3,(H,19,22). The Kier molecular flexibility index (Phi) is 3.62. The van der Waals surface area contributed by atoms with Crippen LogP contribution in [0.1, 0.15) is 16.8 Å². The highest BCUT2D eigenvalue weighted by atomic mass is 19.4. The van der Waals surface area contributed by atoms with Gasteiger partial charge in [-0.2, -0.15) is 18.4 Å². The number of nitriles is 1. The normalized spacial score (nSPS) is 11.3. The number of rotatable bonds is 1. The number of hydrogen-bond donors (Lipinski definition) is 1. The molecule has 1 heterocycles. The molecule has 0 spiro atoms. The van der Waals surface area contributed by atoms with Gasteiger partial charge >= 0.3 is 11.9 Å². The summed E-state index contributed by atoms with van der Waals surface area (Å²) in [6.45, 7) is 1.39. The Balaban J connectivity index is 2.76. The van der Waals surface area contributed by atoms with Crippen LogP contribution in [-0.4, -0.2) is 9.55 Å². The van der Waals surface area contributed by atoms with Crippen molar-refractivity contribution >= 4 is 0 Å². The Morgan fingerprint density at radius 1 is 1.23 bits per heavy atom. The molecule has 22 heavy (non-hydrogen) atoms. The van der Waals surface area contributed by atoms with Crippen LogP contribution in [0.15, 0.2) is 27.8 Å². The number of aromatic amines is 1. The maximum absolute atomic E-state index is 13.6. The van der Waals surface area contributed by atoms with Crippen molar-refractivity contribution in [3.63, 3.8) is 0 Å². The fourth-order valence-electron chi connectivity index (χ4n) is 1.87. The fraction of sp³-hybridized carbons (Fsp3) is 0.154. The zero-order valence-corrected chi connectivity index (χ0v) is 11.0. The predicted molar refractivity (Wildman–Crippen MR) is 67.1 cm³/mol. The van der Waals surface area contributed by atoms with E-state index >= 15 is 0 Å². The molecule has 0 amide bonds. The molecule has 0 aliphatic rings. The van der Waals surface area contributed by atoms with Crippen LogP contribution in [0.2, 0.25) is 0 Å². The Hall–Kier alpha value is -2.89. The lowest BCUT2D eigenvalue weighted by molar-refractivity contribution is -0.141. The minimum atomic E-state index is -4.89. The Morgan fingerprint density at radius 3 is 2.36 bits per heavy atom. The molecule has 0 atom stereocenters. The van der Waals surface area contributed by atoms with Gasteiger partial charge in [-0.05, 0) is 24.6 Å². The van der Waals surface area contributed by atoms with Crippen molar-refractivity contribution < 1.29 is 17.6 Å². The molecule has 1 aromatic heterocycles. The summed E-state index contributed by atoms with van der Waals surface area (Å²) in [5.41, 5.74) is -4.47. The van der Waals surface area contributed by atoms with Gasteiger partial charge < -0.3 is 4.98 Å². The number of hydrogen-bond acceptors (Lipinski definition) is 3. The van der Waals surface area contributed by atoms with Gasteiger partial charge in [-0.1, -0.05) is 0 Å². The van der Waals surface area contributed by atoms with E-state index < -0.39 is 28.9 Å². The highest BCUT2D eigenvalue weighted by molar-refractivity contribution is 5.47. The van der Waals surface area contributed by atoms with Crippen LogP contribution in [0.4, 0.5) is 17.6 Å². The van der Waals surface area contributed by atoms with Crippen molar-refractivity contribution in [1.82, 2.24) is 9.55 Å². The fourth-order valence-corrected chi connectivity index (χ4v) is 1.87. The van der Waals surface area contributed by atoms with Crippen molar-refractivity contribution in [3.05, 3.63) is 61.7 Å². The molecule has 0 saturated heterocycles. The monoisotopic (exact) mass is 313 g/mol. The second-order valence-corrected chi connectivity index (χ2v) is 4.39. The number of aryl methyl sites for hydroxylation is 1. The SMILES string of the molecule is Cc1cc(C#N)c(F)cc1-n1c(=O)cc(C(F)(F)F)[nH]c1=O. The predicted octanol–water partition coefficient (Wildman–Crippen LogP) is 1.86. The van der Waals surface area contributed by atoms with E-state index in [0.717, 1.165) is 12.1 Å². The van der Waals surface area contributed by atoms with E-state index in [4.69, 9.17) is 5.26 Å². The van der Waals surface area contributed by atoms with E-state index in [2.05, 4.69) is 0 Å². The molecule has 114 valence electrons. The Morgan fingerprint density at radius 2 is 1.86 bits per heavy atom. The van der Waals surface area contributed by atoms with E-state index in [0.29, 0.717) is 4.57 Å². The first kappa shape index (κ1) is 15.5. The Bertz CT molecular complexity index is 872. The van der Waals surface area contributed by atoms with Gasteiger partial charge in [0.05, 0.1) is 11.3 Å². The molecule has 0 saturated carbocycles. The van der Waals surface area contributed by atoms with Crippen molar-refractivity contribution in [3.8, 4) is 11.8 Å². The topological polar surface area (TPSA) is 78.7 Å². The first-order valence-corrected chi connectivity index (χ1v) is 5.79. The van der Waals surface area contributed by atoms with Gasteiger partial charge in [0, 0.05) is 6.07 Å². The molecule has 1 aromatic carbocycles. The van der Waals surface area contributed by atoms with E-state index in [-0.39, 0.29) is 22.9 Å². The highest BCUT2D eigenvalue weighted by Crippen LogP contribution is 2.25. The molecule has 9 heteroatoms. The zero-order valence-electron chi connectivity index (χ0n) is 11.0. The number of nitrogens with zero attached hydrogens (tertiary/aromatic N) is 2. The summed E-state index contributed by atoms with van der Waals surface area (Å²) in [7, 11) is 0. The smallest absolute Gasteiger partial charge is 0.303 e. The van der Waals surface area contributed by atoms with Crippen molar-refractivity contribution in [2.24, 2.45) is 0 Å². The van der Waals surface area contributed by atoms with E-state index in [1.807, 2.05) is 0 Å². The minimum absolute atomic E-state index is 0.185. The molecule has 0 radical (unpaired) electrons. The molecule has 0 aliphatic heterocycles. The second-order valence-electron chi connectivity index (χ2n) is 4.39. The van der Waals surface area contributed by atoms with Crippen molar-refractivity contribution in [2.75, 3.05) is 0 Å².